The van der Waals surface area contributed by atoms with Gasteiger partial charge < -0.3 is 15.4 Å². The Labute approximate surface area is 148 Å². The molecule has 0 aliphatic rings. The molecule has 6 nitrogen and oxygen atoms in total. The van der Waals surface area contributed by atoms with Gasteiger partial charge in [-0.3, -0.25) is 9.59 Å². The van der Waals surface area contributed by atoms with Crippen molar-refractivity contribution in [2.45, 2.75) is 6.10 Å². The molecule has 1 aromatic carbocycles. The van der Waals surface area contributed by atoms with E-state index < -0.39 is 11.8 Å². The molecule has 0 saturated carbocycles. The van der Waals surface area contributed by atoms with Gasteiger partial charge in [0.2, 0.25) is 0 Å². The molecule has 2 aromatic rings. The predicted molar refractivity (Wildman–Crippen MR) is 91.9 cm³/mol. The van der Waals surface area contributed by atoms with E-state index in [1.807, 2.05) is 22.9 Å². The lowest BCUT2D eigenvalue weighted by Crippen LogP contribution is -2.38. The van der Waals surface area contributed by atoms with Gasteiger partial charge in [0, 0.05) is 18.7 Å². The Kier molecular flexibility index (Phi) is 6.32. The first-order valence-corrected chi connectivity index (χ1v) is 8.21. The average Bonchev–Trinajstić information content (AvgIpc) is 3.10. The number of nitrogens with zero attached hydrogens (tertiary/aromatic N) is 1. The molecule has 8 heteroatoms. The van der Waals surface area contributed by atoms with Crippen LogP contribution in [0.15, 0.2) is 35.0 Å². The second-order valence-electron chi connectivity index (χ2n) is 4.75. The third kappa shape index (κ3) is 4.55. The minimum absolute atomic E-state index is 0.153. The van der Waals surface area contributed by atoms with Crippen molar-refractivity contribution in [1.82, 2.24) is 5.32 Å². The molecule has 0 spiro atoms. The second-order valence-corrected chi connectivity index (χ2v) is 5.96. The molecular weight excluding hydrogens is 350 g/mol. The van der Waals surface area contributed by atoms with E-state index in [1.165, 1.54) is 36.6 Å². The maximum atomic E-state index is 12.0. The number of ether oxygens (including phenoxy) is 1. The van der Waals surface area contributed by atoms with Crippen molar-refractivity contribution in [3.05, 3.63) is 51.2 Å². The molecule has 124 valence electrons. The molecule has 24 heavy (non-hydrogen) atoms. The van der Waals surface area contributed by atoms with Crippen LogP contribution >= 0.6 is 22.9 Å². The Morgan fingerprint density at radius 2 is 2.17 bits per heavy atom. The Balaban J connectivity index is 1.97. The maximum absolute atomic E-state index is 12.0. The summed E-state index contributed by atoms with van der Waals surface area (Å²) in [5.74, 6) is -1.70. The van der Waals surface area contributed by atoms with E-state index in [0.29, 0.717) is 5.02 Å². The normalized spacial score (nSPS) is 11.4. The number of hydrogen-bond donors (Lipinski definition) is 2. The third-order valence-electron chi connectivity index (χ3n) is 3.20. The van der Waals surface area contributed by atoms with E-state index in [1.54, 1.807) is 0 Å². The molecule has 1 heterocycles. The van der Waals surface area contributed by atoms with Crippen molar-refractivity contribution in [1.29, 1.82) is 5.26 Å². The van der Waals surface area contributed by atoms with Crippen molar-refractivity contribution in [3.63, 3.8) is 0 Å². The topological polar surface area (TPSA) is 91.2 Å². The molecule has 1 atom stereocenters. The van der Waals surface area contributed by atoms with Crippen LogP contribution in [0.5, 0.6) is 0 Å². The second kappa shape index (κ2) is 8.45. The monoisotopic (exact) mass is 363 g/mol. The van der Waals surface area contributed by atoms with Crippen LogP contribution in [0.4, 0.5) is 5.69 Å². The number of thiophene rings is 1. The summed E-state index contributed by atoms with van der Waals surface area (Å²) >= 11 is 7.35. The van der Waals surface area contributed by atoms with Gasteiger partial charge in [-0.1, -0.05) is 11.6 Å². The van der Waals surface area contributed by atoms with Gasteiger partial charge in [-0.2, -0.15) is 16.6 Å². The van der Waals surface area contributed by atoms with E-state index in [2.05, 4.69) is 10.6 Å². The summed E-state index contributed by atoms with van der Waals surface area (Å²) in [5, 5.41) is 18.1. The molecule has 0 bridgehead atoms. The molecule has 2 N–H and O–H groups in total. The number of nitrogens with one attached hydrogen (secondary N) is 2. The highest BCUT2D eigenvalue weighted by Crippen LogP contribution is 2.20. The summed E-state index contributed by atoms with van der Waals surface area (Å²) in [4.78, 5) is 23.9. The number of nitriles is 1. The van der Waals surface area contributed by atoms with Crippen LogP contribution in [0.25, 0.3) is 0 Å². The van der Waals surface area contributed by atoms with Crippen LogP contribution in [0, 0.1) is 11.3 Å². The van der Waals surface area contributed by atoms with Gasteiger partial charge in [-0.05, 0) is 40.6 Å². The van der Waals surface area contributed by atoms with Gasteiger partial charge in [-0.15, -0.1) is 0 Å². The largest absolute Gasteiger partial charge is 0.375 e. The molecule has 0 saturated heterocycles. The Hall–Kier alpha value is -2.40. The third-order valence-corrected chi connectivity index (χ3v) is 4.14. The lowest BCUT2D eigenvalue weighted by atomic mass is 10.2. The molecule has 1 aromatic heterocycles. The number of benzene rings is 1. The number of rotatable bonds is 5. The minimum atomic E-state index is -0.881. The number of anilines is 1. The summed E-state index contributed by atoms with van der Waals surface area (Å²) in [7, 11) is 1.53. The molecule has 0 radical (unpaired) electrons. The van der Waals surface area contributed by atoms with Gasteiger partial charge in [0.05, 0.1) is 11.3 Å². The molecular formula is C16H14ClN3O3S. The maximum Gasteiger partial charge on any atom is 0.313 e. The average molecular weight is 364 g/mol. The van der Waals surface area contributed by atoms with Crippen LogP contribution in [0.3, 0.4) is 0 Å². The first kappa shape index (κ1) is 17.9. The quantitative estimate of drug-likeness (QED) is 0.799. The number of halogens is 1. The number of carbonyl (C=O) groups is 2. The highest BCUT2D eigenvalue weighted by molar-refractivity contribution is 7.07. The molecule has 1 unspecified atom stereocenters. The molecule has 0 aliphatic carbocycles. The van der Waals surface area contributed by atoms with Crippen molar-refractivity contribution in [2.24, 2.45) is 0 Å². The van der Waals surface area contributed by atoms with Crippen molar-refractivity contribution in [2.75, 3.05) is 19.0 Å². The fraction of sp³-hybridized carbons (Fsp3) is 0.188. The van der Waals surface area contributed by atoms with Gasteiger partial charge in [0.15, 0.2) is 0 Å². The SMILES string of the molecule is COC(CNC(=O)C(=O)Nc1cc(Cl)ccc1C#N)c1ccsc1. The highest BCUT2D eigenvalue weighted by atomic mass is 35.5. The first-order valence-electron chi connectivity index (χ1n) is 6.89. The van der Waals surface area contributed by atoms with E-state index >= 15 is 0 Å². The fourth-order valence-corrected chi connectivity index (χ4v) is 2.83. The van der Waals surface area contributed by atoms with Crippen LogP contribution in [0.2, 0.25) is 5.02 Å². The highest BCUT2D eigenvalue weighted by Gasteiger charge is 2.18. The van der Waals surface area contributed by atoms with Crippen molar-refractivity contribution in [3.8, 4) is 6.07 Å². The van der Waals surface area contributed by atoms with E-state index in [0.717, 1.165) is 5.56 Å². The zero-order valence-corrected chi connectivity index (χ0v) is 14.3. The first-order chi connectivity index (χ1) is 11.5. The van der Waals surface area contributed by atoms with Gasteiger partial charge in [0.25, 0.3) is 0 Å². The smallest absolute Gasteiger partial charge is 0.313 e. The Morgan fingerprint density at radius 1 is 1.38 bits per heavy atom. The number of methoxy groups -OCH3 is 1. The summed E-state index contributed by atoms with van der Waals surface area (Å²) in [6.07, 6.45) is -0.339. The van der Waals surface area contributed by atoms with Crippen molar-refractivity contribution >= 4 is 40.4 Å². The molecule has 2 rings (SSSR count). The van der Waals surface area contributed by atoms with Crippen molar-refractivity contribution < 1.29 is 14.3 Å². The standard InChI is InChI=1S/C16H14ClN3O3S/c1-23-14(11-4-5-24-9-11)8-19-15(21)16(22)20-13-6-12(17)3-2-10(13)7-18/h2-6,9,14H,8H2,1H3,(H,19,21)(H,20,22). The van der Waals surface area contributed by atoms with Gasteiger partial charge in [0.1, 0.15) is 12.2 Å². The van der Waals surface area contributed by atoms with E-state index in [9.17, 15) is 9.59 Å². The lowest BCUT2D eigenvalue weighted by molar-refractivity contribution is -0.136. The number of amides is 2. The molecule has 0 aliphatic heterocycles. The van der Waals surface area contributed by atoms with Crippen LogP contribution in [0.1, 0.15) is 17.2 Å². The lowest BCUT2D eigenvalue weighted by Gasteiger charge is -2.15. The molecule has 0 fully saturated rings. The summed E-state index contributed by atoms with van der Waals surface area (Å²) in [6.45, 7) is 0.153. The van der Waals surface area contributed by atoms with E-state index in [4.69, 9.17) is 21.6 Å². The zero-order valence-electron chi connectivity index (χ0n) is 12.7. The summed E-state index contributed by atoms with van der Waals surface area (Å²) in [5.41, 5.74) is 1.32. The number of carbonyl (C=O) groups excluding carboxylic acids is 2. The van der Waals surface area contributed by atoms with Crippen LogP contribution in [-0.4, -0.2) is 25.5 Å². The fourth-order valence-electron chi connectivity index (χ4n) is 1.96. The minimum Gasteiger partial charge on any atom is -0.375 e. The van der Waals surface area contributed by atoms with Crippen LogP contribution < -0.4 is 10.6 Å². The molecule has 2 amide bonds. The Bertz CT molecular complexity index is 771. The van der Waals surface area contributed by atoms with Gasteiger partial charge >= 0.3 is 11.8 Å². The zero-order chi connectivity index (χ0) is 17.5. The van der Waals surface area contributed by atoms with E-state index in [-0.39, 0.29) is 23.9 Å². The van der Waals surface area contributed by atoms with Crippen LogP contribution in [-0.2, 0) is 14.3 Å². The predicted octanol–water partition coefficient (Wildman–Crippen LogP) is 2.72. The Morgan fingerprint density at radius 3 is 2.79 bits per heavy atom. The summed E-state index contributed by atoms with van der Waals surface area (Å²) in [6, 6.07) is 8.21. The number of hydrogen-bond acceptors (Lipinski definition) is 5. The summed E-state index contributed by atoms with van der Waals surface area (Å²) < 4.78 is 5.30. The van der Waals surface area contributed by atoms with Gasteiger partial charge in [-0.25, -0.2) is 0 Å².